The van der Waals surface area contributed by atoms with E-state index in [1.54, 1.807) is 30.3 Å². The molecule has 34 heavy (non-hydrogen) atoms. The molecule has 1 aliphatic carbocycles. The first-order chi connectivity index (χ1) is 16.4. The van der Waals surface area contributed by atoms with Crippen LogP contribution < -0.4 is 15.2 Å². The number of ketones is 1. The third-order valence-corrected chi connectivity index (χ3v) is 5.77. The van der Waals surface area contributed by atoms with E-state index < -0.39 is 11.9 Å². The van der Waals surface area contributed by atoms with Gasteiger partial charge in [-0.05, 0) is 48.7 Å². The lowest BCUT2D eigenvalue weighted by Gasteiger charge is -2.32. The van der Waals surface area contributed by atoms with Crippen LogP contribution in [0.3, 0.4) is 0 Å². The van der Waals surface area contributed by atoms with Crippen LogP contribution in [-0.4, -0.2) is 25.5 Å². The van der Waals surface area contributed by atoms with E-state index in [4.69, 9.17) is 24.7 Å². The first-order valence-electron chi connectivity index (χ1n) is 11.1. The molecule has 8 heteroatoms. The molecule has 1 heterocycles. The Morgan fingerprint density at radius 3 is 2.71 bits per heavy atom. The maximum atomic E-state index is 13.5. The first-order valence-corrected chi connectivity index (χ1v) is 11.1. The molecule has 0 amide bonds. The standard InChI is InChI=1S/C26H26FNO6/c1-3-32-21-13-16(10-11-19(21)33-14-15-6-4-7-17(27)12-15)22-23-18(29)8-5-9-20(23)34-25(28)24(22)26(30)31-2/h4,6-7,10-13,22H,3,5,8-9,14,28H2,1-2H3/t22-/m1/s1. The Balaban J connectivity index is 1.73. The predicted octanol–water partition coefficient (Wildman–Crippen LogP) is 4.27. The van der Waals surface area contributed by atoms with Gasteiger partial charge in [-0.15, -0.1) is 0 Å². The van der Waals surface area contributed by atoms with E-state index in [1.807, 2.05) is 6.92 Å². The summed E-state index contributed by atoms with van der Waals surface area (Å²) in [6.07, 6.45) is 1.57. The molecule has 0 spiro atoms. The summed E-state index contributed by atoms with van der Waals surface area (Å²) in [7, 11) is 1.25. The summed E-state index contributed by atoms with van der Waals surface area (Å²) in [6, 6.07) is 11.3. The van der Waals surface area contributed by atoms with Gasteiger partial charge in [-0.2, -0.15) is 0 Å². The molecule has 2 aromatic rings. The van der Waals surface area contributed by atoms with E-state index in [0.29, 0.717) is 59.8 Å². The quantitative estimate of drug-likeness (QED) is 0.608. The Bertz CT molecular complexity index is 1190. The topological polar surface area (TPSA) is 97.1 Å². The zero-order valence-corrected chi connectivity index (χ0v) is 19.1. The van der Waals surface area contributed by atoms with Crippen LogP contribution in [0.2, 0.25) is 0 Å². The van der Waals surface area contributed by atoms with Crippen molar-refractivity contribution in [2.75, 3.05) is 13.7 Å². The molecule has 2 N–H and O–H groups in total. The lowest BCUT2D eigenvalue weighted by Crippen LogP contribution is -2.31. The fourth-order valence-electron chi connectivity index (χ4n) is 4.28. The highest BCUT2D eigenvalue weighted by Crippen LogP contribution is 2.45. The minimum atomic E-state index is -0.750. The minimum Gasteiger partial charge on any atom is -0.490 e. The second-order valence-electron chi connectivity index (χ2n) is 7.98. The van der Waals surface area contributed by atoms with Crippen molar-refractivity contribution in [2.45, 2.75) is 38.7 Å². The van der Waals surface area contributed by atoms with Crippen LogP contribution in [0.5, 0.6) is 11.5 Å². The molecule has 0 unspecified atom stereocenters. The Hall–Kier alpha value is -3.81. The fourth-order valence-corrected chi connectivity index (χ4v) is 4.28. The Labute approximate surface area is 196 Å². The monoisotopic (exact) mass is 467 g/mol. The van der Waals surface area contributed by atoms with Crippen LogP contribution in [0.15, 0.2) is 65.3 Å². The van der Waals surface area contributed by atoms with Gasteiger partial charge in [-0.1, -0.05) is 18.2 Å². The molecule has 1 aliphatic heterocycles. The highest BCUT2D eigenvalue weighted by Gasteiger charge is 2.41. The van der Waals surface area contributed by atoms with Gasteiger partial charge in [0.15, 0.2) is 17.3 Å². The van der Waals surface area contributed by atoms with E-state index in [9.17, 15) is 14.0 Å². The number of ether oxygens (including phenoxy) is 4. The van der Waals surface area contributed by atoms with Gasteiger partial charge >= 0.3 is 5.97 Å². The third-order valence-electron chi connectivity index (χ3n) is 5.77. The van der Waals surface area contributed by atoms with Crippen molar-refractivity contribution in [3.05, 3.63) is 82.2 Å². The van der Waals surface area contributed by atoms with E-state index in [1.165, 1.54) is 19.2 Å². The third kappa shape index (κ3) is 4.62. The molecular formula is C26H26FNO6. The molecule has 0 radical (unpaired) electrons. The molecule has 7 nitrogen and oxygen atoms in total. The number of methoxy groups -OCH3 is 1. The van der Waals surface area contributed by atoms with Crippen molar-refractivity contribution >= 4 is 11.8 Å². The molecule has 178 valence electrons. The molecule has 0 saturated heterocycles. The minimum absolute atomic E-state index is 0.0744. The maximum Gasteiger partial charge on any atom is 0.340 e. The highest BCUT2D eigenvalue weighted by atomic mass is 19.1. The summed E-state index contributed by atoms with van der Waals surface area (Å²) in [5.74, 6) is -0.576. The lowest BCUT2D eigenvalue weighted by atomic mass is 9.77. The van der Waals surface area contributed by atoms with Crippen molar-refractivity contribution in [3.63, 3.8) is 0 Å². The van der Waals surface area contributed by atoms with E-state index in [-0.39, 0.29) is 29.7 Å². The molecule has 0 bridgehead atoms. The molecule has 1 atom stereocenters. The van der Waals surface area contributed by atoms with Gasteiger partial charge in [-0.3, -0.25) is 4.79 Å². The molecular weight excluding hydrogens is 441 g/mol. The largest absolute Gasteiger partial charge is 0.490 e. The number of carbonyl (C=O) groups is 2. The number of allylic oxidation sites excluding steroid dienone is 2. The molecule has 0 aromatic heterocycles. The van der Waals surface area contributed by atoms with Gasteiger partial charge < -0.3 is 24.7 Å². The van der Waals surface area contributed by atoms with Crippen molar-refractivity contribution in [3.8, 4) is 11.5 Å². The predicted molar refractivity (Wildman–Crippen MR) is 121 cm³/mol. The number of rotatable bonds is 7. The summed E-state index contributed by atoms with van der Waals surface area (Å²) in [5.41, 5.74) is 7.89. The van der Waals surface area contributed by atoms with Gasteiger partial charge in [0.2, 0.25) is 5.88 Å². The number of halogens is 1. The summed E-state index contributed by atoms with van der Waals surface area (Å²) < 4.78 is 35.8. The number of benzene rings is 2. The van der Waals surface area contributed by atoms with Crippen molar-refractivity contribution < 1.29 is 32.9 Å². The van der Waals surface area contributed by atoms with Gasteiger partial charge in [0.1, 0.15) is 23.8 Å². The summed E-state index contributed by atoms with van der Waals surface area (Å²) in [4.78, 5) is 25.5. The molecule has 0 fully saturated rings. The first kappa shape index (κ1) is 23.4. The average molecular weight is 467 g/mol. The zero-order valence-electron chi connectivity index (χ0n) is 19.1. The number of carbonyl (C=O) groups excluding carboxylic acids is 2. The van der Waals surface area contributed by atoms with Crippen LogP contribution in [0.4, 0.5) is 4.39 Å². The molecule has 2 aromatic carbocycles. The number of Topliss-reactive ketones (excluding diaryl/α,β-unsaturated/α-hetero) is 1. The van der Waals surface area contributed by atoms with Gasteiger partial charge in [0, 0.05) is 18.4 Å². The summed E-state index contributed by atoms with van der Waals surface area (Å²) in [6.45, 7) is 2.34. The smallest absolute Gasteiger partial charge is 0.340 e. The summed E-state index contributed by atoms with van der Waals surface area (Å²) in [5, 5.41) is 0. The average Bonchev–Trinajstić information content (AvgIpc) is 2.82. The molecule has 4 rings (SSSR count). The lowest BCUT2D eigenvalue weighted by molar-refractivity contribution is -0.136. The van der Waals surface area contributed by atoms with E-state index in [0.717, 1.165) is 0 Å². The zero-order chi connectivity index (χ0) is 24.2. The molecule has 0 saturated carbocycles. The normalized spacial score (nSPS) is 17.7. The number of nitrogens with two attached hydrogens (primary N) is 1. The van der Waals surface area contributed by atoms with Crippen LogP contribution in [0.1, 0.15) is 43.2 Å². The fraction of sp³-hybridized carbons (Fsp3) is 0.308. The second kappa shape index (κ2) is 9.99. The van der Waals surface area contributed by atoms with Gasteiger partial charge in [0.05, 0.1) is 19.6 Å². The SMILES string of the molecule is CCOc1cc([C@H]2C(C(=O)OC)=C(N)OC3=C2C(=O)CCC3)ccc1OCc1cccc(F)c1. The maximum absolute atomic E-state index is 13.5. The van der Waals surface area contributed by atoms with Gasteiger partial charge in [0.25, 0.3) is 0 Å². The van der Waals surface area contributed by atoms with Crippen LogP contribution in [0, 0.1) is 5.82 Å². The molecule has 2 aliphatic rings. The van der Waals surface area contributed by atoms with Crippen LogP contribution in [-0.2, 0) is 25.7 Å². The Kier molecular flexibility index (Phi) is 6.86. The summed E-state index contributed by atoms with van der Waals surface area (Å²) >= 11 is 0. The van der Waals surface area contributed by atoms with E-state index >= 15 is 0 Å². The number of hydrogen-bond acceptors (Lipinski definition) is 7. The van der Waals surface area contributed by atoms with Crippen LogP contribution >= 0.6 is 0 Å². The van der Waals surface area contributed by atoms with Gasteiger partial charge in [-0.25, -0.2) is 9.18 Å². The van der Waals surface area contributed by atoms with Crippen LogP contribution in [0.25, 0.3) is 0 Å². The van der Waals surface area contributed by atoms with Crippen molar-refractivity contribution in [1.29, 1.82) is 0 Å². The number of hydrogen-bond donors (Lipinski definition) is 1. The number of esters is 1. The van der Waals surface area contributed by atoms with Crippen molar-refractivity contribution in [2.24, 2.45) is 5.73 Å². The Morgan fingerprint density at radius 1 is 1.15 bits per heavy atom. The Morgan fingerprint density at radius 2 is 1.97 bits per heavy atom. The van der Waals surface area contributed by atoms with Crippen molar-refractivity contribution in [1.82, 2.24) is 0 Å². The highest BCUT2D eigenvalue weighted by molar-refractivity contribution is 6.03. The second-order valence-corrected chi connectivity index (χ2v) is 7.98. The van der Waals surface area contributed by atoms with E-state index in [2.05, 4.69) is 0 Å².